The monoisotopic (exact) mass is 262 g/mol. The first-order valence-electron chi connectivity index (χ1n) is 5.97. The third-order valence-corrected chi connectivity index (χ3v) is 5.65. The molecule has 1 fully saturated rings. The second-order valence-corrected chi connectivity index (χ2v) is 6.71. The second-order valence-electron chi connectivity index (χ2n) is 4.51. The topological polar surface area (TPSA) is 59.1 Å². The van der Waals surface area contributed by atoms with Crippen LogP contribution in [0.4, 0.5) is 0 Å². The molecule has 94 valence electrons. The van der Waals surface area contributed by atoms with Crippen molar-refractivity contribution in [3.05, 3.63) is 36.7 Å². The lowest BCUT2D eigenvalue weighted by Gasteiger charge is -2.12. The maximum absolute atomic E-state index is 12.6. The van der Waals surface area contributed by atoms with Crippen molar-refractivity contribution in [3.63, 3.8) is 0 Å². The molecule has 1 N–H and O–H groups in total. The smallest absolute Gasteiger partial charge is 0.183 e. The molecule has 0 spiro atoms. The lowest BCUT2D eigenvalue weighted by Crippen LogP contribution is -2.24. The van der Waals surface area contributed by atoms with Crippen molar-refractivity contribution in [3.8, 4) is 0 Å². The molecule has 1 aromatic heterocycles. The zero-order valence-electron chi connectivity index (χ0n) is 9.83. The maximum atomic E-state index is 12.6. The van der Waals surface area contributed by atoms with Crippen LogP contribution >= 0.6 is 0 Å². The van der Waals surface area contributed by atoms with Crippen molar-refractivity contribution in [2.75, 3.05) is 13.1 Å². The minimum Gasteiger partial charge on any atom is -0.315 e. The number of nitrogens with zero attached hydrogens (tertiary/aromatic N) is 1. The van der Waals surface area contributed by atoms with Gasteiger partial charge in [-0.3, -0.25) is 4.98 Å². The normalized spacial score (nSPS) is 20.3. The van der Waals surface area contributed by atoms with Gasteiger partial charge in [-0.1, -0.05) is 12.1 Å². The van der Waals surface area contributed by atoms with Gasteiger partial charge >= 0.3 is 0 Å². The van der Waals surface area contributed by atoms with Gasteiger partial charge in [0.05, 0.1) is 10.1 Å². The van der Waals surface area contributed by atoms with E-state index in [1.54, 1.807) is 30.6 Å². The Balaban J connectivity index is 2.19. The zero-order valence-corrected chi connectivity index (χ0v) is 10.7. The predicted molar refractivity (Wildman–Crippen MR) is 70.2 cm³/mol. The highest BCUT2D eigenvalue weighted by Gasteiger charge is 2.31. The highest BCUT2D eigenvalue weighted by Crippen LogP contribution is 2.27. The van der Waals surface area contributed by atoms with E-state index in [0.717, 1.165) is 17.3 Å². The number of pyridine rings is 1. The fourth-order valence-corrected chi connectivity index (χ4v) is 4.30. The third-order valence-electron chi connectivity index (χ3n) is 3.40. The molecule has 1 unspecified atom stereocenters. The summed E-state index contributed by atoms with van der Waals surface area (Å²) in [6, 6.07) is 7.12. The van der Waals surface area contributed by atoms with Crippen LogP contribution in [0.3, 0.4) is 0 Å². The number of hydrogen-bond acceptors (Lipinski definition) is 4. The first-order valence-corrected chi connectivity index (χ1v) is 7.51. The van der Waals surface area contributed by atoms with Gasteiger partial charge in [0.2, 0.25) is 0 Å². The molecule has 1 atom stereocenters. The Hall–Kier alpha value is -1.46. The molecule has 1 aromatic carbocycles. The number of hydrogen-bond donors (Lipinski definition) is 1. The number of sulfone groups is 1. The number of nitrogens with one attached hydrogen (secondary N) is 1. The summed E-state index contributed by atoms with van der Waals surface area (Å²) < 4.78 is 25.2. The van der Waals surface area contributed by atoms with Crippen LogP contribution in [0.15, 0.2) is 41.6 Å². The van der Waals surface area contributed by atoms with E-state index >= 15 is 0 Å². The quantitative estimate of drug-likeness (QED) is 0.888. The van der Waals surface area contributed by atoms with E-state index in [9.17, 15) is 8.42 Å². The molecule has 0 aliphatic carbocycles. The molecular weight excluding hydrogens is 248 g/mol. The first-order chi connectivity index (χ1) is 8.69. The van der Waals surface area contributed by atoms with Crippen LogP contribution in [0.2, 0.25) is 0 Å². The molecule has 5 heteroatoms. The first kappa shape index (κ1) is 11.6. The van der Waals surface area contributed by atoms with Crippen molar-refractivity contribution in [1.82, 2.24) is 10.3 Å². The predicted octanol–water partition coefficient (Wildman–Crippen LogP) is 1.37. The molecular formula is C13H14N2O2S. The van der Waals surface area contributed by atoms with Crippen molar-refractivity contribution in [1.29, 1.82) is 0 Å². The fraction of sp³-hybridized carbons (Fsp3) is 0.308. The molecule has 1 aliphatic rings. The van der Waals surface area contributed by atoms with Crippen LogP contribution in [0.5, 0.6) is 0 Å². The van der Waals surface area contributed by atoms with Gasteiger partial charge in [-0.05, 0) is 25.1 Å². The standard InChI is InChI=1S/C13H14N2O2S/c16-18(17,11-4-6-15-9-11)13-3-1-2-10-8-14-7-5-12(10)13/h1-3,5,7-8,11,15H,4,6,9H2. The molecule has 2 aromatic rings. The summed E-state index contributed by atoms with van der Waals surface area (Å²) in [4.78, 5) is 4.45. The Morgan fingerprint density at radius 1 is 1.28 bits per heavy atom. The van der Waals surface area contributed by atoms with E-state index < -0.39 is 9.84 Å². The van der Waals surface area contributed by atoms with E-state index in [1.807, 2.05) is 6.07 Å². The van der Waals surface area contributed by atoms with Gasteiger partial charge in [0.1, 0.15) is 0 Å². The van der Waals surface area contributed by atoms with Gasteiger partial charge in [-0.15, -0.1) is 0 Å². The van der Waals surface area contributed by atoms with Gasteiger partial charge < -0.3 is 5.32 Å². The molecule has 1 saturated heterocycles. The van der Waals surface area contributed by atoms with Crippen molar-refractivity contribution >= 4 is 20.6 Å². The second kappa shape index (κ2) is 4.33. The average molecular weight is 262 g/mol. The Kier molecular flexibility index (Phi) is 2.80. The number of aromatic nitrogens is 1. The van der Waals surface area contributed by atoms with Crippen LogP contribution < -0.4 is 5.32 Å². The molecule has 3 rings (SSSR count). The number of fused-ring (bicyclic) bond motifs is 1. The van der Waals surface area contributed by atoms with Crippen molar-refractivity contribution in [2.24, 2.45) is 0 Å². The minimum absolute atomic E-state index is 0.309. The summed E-state index contributed by atoms with van der Waals surface area (Å²) in [6.07, 6.45) is 4.01. The third kappa shape index (κ3) is 1.79. The Bertz CT molecular complexity index is 671. The van der Waals surface area contributed by atoms with E-state index in [4.69, 9.17) is 0 Å². The number of benzene rings is 1. The van der Waals surface area contributed by atoms with Gasteiger partial charge in [0.15, 0.2) is 9.84 Å². The van der Waals surface area contributed by atoms with Crippen LogP contribution in [-0.4, -0.2) is 31.7 Å². The van der Waals surface area contributed by atoms with Gasteiger partial charge in [-0.2, -0.15) is 0 Å². The Labute approximate surface area is 106 Å². The zero-order chi connectivity index (χ0) is 12.6. The highest BCUT2D eigenvalue weighted by molar-refractivity contribution is 7.92. The Morgan fingerprint density at radius 2 is 2.17 bits per heavy atom. The molecule has 0 amide bonds. The van der Waals surface area contributed by atoms with Gasteiger partial charge in [0.25, 0.3) is 0 Å². The lowest BCUT2D eigenvalue weighted by molar-refractivity contribution is 0.584. The molecule has 1 aliphatic heterocycles. The van der Waals surface area contributed by atoms with E-state index in [0.29, 0.717) is 17.9 Å². The van der Waals surface area contributed by atoms with E-state index in [-0.39, 0.29) is 5.25 Å². The van der Waals surface area contributed by atoms with Crippen LogP contribution in [0, 0.1) is 0 Å². The summed E-state index contributed by atoms with van der Waals surface area (Å²) >= 11 is 0. The molecule has 18 heavy (non-hydrogen) atoms. The van der Waals surface area contributed by atoms with Crippen molar-refractivity contribution < 1.29 is 8.42 Å². The SMILES string of the molecule is O=S(=O)(c1cccc2cnccc12)C1CCNC1. The highest BCUT2D eigenvalue weighted by atomic mass is 32.2. The average Bonchev–Trinajstić information content (AvgIpc) is 2.92. The molecule has 4 nitrogen and oxygen atoms in total. The summed E-state index contributed by atoms with van der Waals surface area (Å²) in [5.41, 5.74) is 0. The number of rotatable bonds is 2. The molecule has 0 saturated carbocycles. The van der Waals surface area contributed by atoms with E-state index in [1.165, 1.54) is 0 Å². The largest absolute Gasteiger partial charge is 0.315 e. The minimum atomic E-state index is -3.26. The maximum Gasteiger partial charge on any atom is 0.183 e. The Morgan fingerprint density at radius 3 is 2.94 bits per heavy atom. The summed E-state index contributed by atoms with van der Waals surface area (Å²) in [5, 5.41) is 4.42. The van der Waals surface area contributed by atoms with Crippen LogP contribution in [0.25, 0.3) is 10.8 Å². The molecule has 2 heterocycles. The van der Waals surface area contributed by atoms with E-state index in [2.05, 4.69) is 10.3 Å². The lowest BCUT2D eigenvalue weighted by atomic mass is 10.2. The summed E-state index contributed by atoms with van der Waals surface area (Å²) in [6.45, 7) is 1.32. The summed E-state index contributed by atoms with van der Waals surface area (Å²) in [5.74, 6) is 0. The molecule has 0 radical (unpaired) electrons. The van der Waals surface area contributed by atoms with Gasteiger partial charge in [0, 0.05) is 29.7 Å². The van der Waals surface area contributed by atoms with Crippen molar-refractivity contribution in [2.45, 2.75) is 16.6 Å². The van der Waals surface area contributed by atoms with Gasteiger partial charge in [-0.25, -0.2) is 8.42 Å². The fourth-order valence-electron chi connectivity index (χ4n) is 2.41. The van der Waals surface area contributed by atoms with Crippen LogP contribution in [-0.2, 0) is 9.84 Å². The van der Waals surface area contributed by atoms with Crippen LogP contribution in [0.1, 0.15) is 6.42 Å². The molecule has 0 bridgehead atoms. The summed E-state index contributed by atoms with van der Waals surface area (Å²) in [7, 11) is -3.26.